The van der Waals surface area contributed by atoms with E-state index in [4.69, 9.17) is 21.3 Å². The number of halogens is 3. The Bertz CT molecular complexity index is 1380. The third-order valence-corrected chi connectivity index (χ3v) is 9.98. The number of benzene rings is 1. The van der Waals surface area contributed by atoms with Gasteiger partial charge in [-0.1, -0.05) is 11.6 Å². The highest BCUT2D eigenvalue weighted by Crippen LogP contribution is 2.45. The number of ether oxygens (including phenoxy) is 1. The number of piperazine rings is 1. The first-order valence-corrected chi connectivity index (χ1v) is 15.4. The van der Waals surface area contributed by atoms with E-state index >= 15 is 0 Å². The van der Waals surface area contributed by atoms with E-state index in [0.717, 1.165) is 48.8 Å². The Morgan fingerprint density at radius 1 is 1.12 bits per heavy atom. The fourth-order valence-electron chi connectivity index (χ4n) is 7.16. The average Bonchev–Trinajstić information content (AvgIpc) is 3.86. The maximum atomic E-state index is 15.0. The number of nitrogens with zero attached hydrogens (tertiary/aromatic N) is 5. The molecule has 218 valence electrons. The predicted molar refractivity (Wildman–Crippen MR) is 156 cm³/mol. The first-order chi connectivity index (χ1) is 19.8. The summed E-state index contributed by atoms with van der Waals surface area (Å²) in [4.78, 5) is 16.5. The second-order valence-corrected chi connectivity index (χ2v) is 13.2. The van der Waals surface area contributed by atoms with Crippen LogP contribution in [0.3, 0.4) is 0 Å². The molecule has 2 aromatic rings. The molecule has 4 fully saturated rings. The zero-order valence-electron chi connectivity index (χ0n) is 23.3. The van der Waals surface area contributed by atoms with Crippen LogP contribution in [0, 0.1) is 11.8 Å². The second kappa shape index (κ2) is 9.59. The molecule has 2 unspecified atom stereocenters. The molecule has 4 aliphatic heterocycles. The molecule has 0 spiro atoms. The molecule has 2 bridgehead atoms. The lowest BCUT2D eigenvalue weighted by molar-refractivity contribution is -0.0833. The SMILES string of the molecule is CN1CC2=C(N[C@@H](C3CC3)C(F)(F)CO2)c2cc(Nc3nc(N4CC5CCC(C4)N5CC4CC4)ncc3Cl)ccc21. The van der Waals surface area contributed by atoms with E-state index in [1.54, 1.807) is 6.20 Å². The van der Waals surface area contributed by atoms with Crippen molar-refractivity contribution in [1.82, 2.24) is 20.2 Å². The van der Waals surface area contributed by atoms with Crippen molar-refractivity contribution in [3.05, 3.63) is 40.7 Å². The van der Waals surface area contributed by atoms with E-state index in [0.29, 0.717) is 46.9 Å². The summed E-state index contributed by atoms with van der Waals surface area (Å²) in [6, 6.07) is 6.14. The standard InChI is InChI=1S/C30H36ClF2N7O/c1-38-15-25-26(36-27(18-4-5-18)30(32,33)16-41-25)22-10-19(6-9-24(22)38)35-28-23(31)11-34-29(37-28)39-13-20-7-8-21(14-39)40(20)12-17-2-3-17/h6,9-11,17-18,20-21,27,36H,2-5,7-8,12-16H2,1H3,(H,34,35,37)/t20?,21?,27-/m0/s1. The summed E-state index contributed by atoms with van der Waals surface area (Å²) >= 11 is 6.59. The minimum absolute atomic E-state index is 0.0334. The van der Waals surface area contributed by atoms with Crippen LogP contribution in [0.15, 0.2) is 30.2 Å². The highest BCUT2D eigenvalue weighted by atomic mass is 35.5. The van der Waals surface area contributed by atoms with Gasteiger partial charge in [0.2, 0.25) is 5.95 Å². The van der Waals surface area contributed by atoms with Crippen LogP contribution in [0.4, 0.5) is 31.9 Å². The average molecular weight is 584 g/mol. The quantitative estimate of drug-likeness (QED) is 0.488. The number of anilines is 4. The summed E-state index contributed by atoms with van der Waals surface area (Å²) in [7, 11) is 1.95. The summed E-state index contributed by atoms with van der Waals surface area (Å²) in [5, 5.41) is 7.05. The van der Waals surface area contributed by atoms with Crippen molar-refractivity contribution in [3.63, 3.8) is 0 Å². The van der Waals surface area contributed by atoms with Crippen LogP contribution in [0.5, 0.6) is 0 Å². The van der Waals surface area contributed by atoms with Crippen LogP contribution in [0.2, 0.25) is 5.02 Å². The van der Waals surface area contributed by atoms with Gasteiger partial charge in [0, 0.05) is 55.7 Å². The van der Waals surface area contributed by atoms with Crippen molar-refractivity contribution in [1.29, 1.82) is 0 Å². The summed E-state index contributed by atoms with van der Waals surface area (Å²) in [6.07, 6.45) is 8.52. The van der Waals surface area contributed by atoms with Crippen LogP contribution in [0.1, 0.15) is 44.1 Å². The maximum absolute atomic E-state index is 15.0. The lowest BCUT2D eigenvalue weighted by atomic mass is 10.00. The summed E-state index contributed by atoms with van der Waals surface area (Å²) in [5.41, 5.74) is 3.22. The second-order valence-electron chi connectivity index (χ2n) is 12.8. The van der Waals surface area contributed by atoms with Crippen LogP contribution in [0.25, 0.3) is 5.70 Å². The molecule has 2 saturated carbocycles. The molecule has 8 nitrogen and oxygen atoms in total. The molecule has 8 rings (SSSR count). The Balaban J connectivity index is 1.05. The molecular formula is C30H36ClF2N7O. The van der Waals surface area contributed by atoms with Gasteiger partial charge in [0.15, 0.2) is 12.4 Å². The van der Waals surface area contributed by atoms with E-state index in [-0.39, 0.29) is 5.92 Å². The first-order valence-electron chi connectivity index (χ1n) is 15.0. The van der Waals surface area contributed by atoms with Crippen LogP contribution >= 0.6 is 11.6 Å². The van der Waals surface area contributed by atoms with E-state index in [1.807, 2.05) is 30.1 Å². The van der Waals surface area contributed by atoms with E-state index in [2.05, 4.69) is 25.4 Å². The fraction of sp³-hybridized carbons (Fsp3) is 0.600. The van der Waals surface area contributed by atoms with Gasteiger partial charge in [-0.3, -0.25) is 4.90 Å². The maximum Gasteiger partial charge on any atom is 0.301 e. The number of hydrogen-bond donors (Lipinski definition) is 2. The minimum Gasteiger partial charge on any atom is -0.487 e. The number of fused-ring (bicyclic) bond motifs is 4. The third kappa shape index (κ3) is 4.76. The molecule has 2 aliphatic carbocycles. The summed E-state index contributed by atoms with van der Waals surface area (Å²) < 4.78 is 35.7. The lowest BCUT2D eigenvalue weighted by Crippen LogP contribution is -2.54. The topological polar surface area (TPSA) is 68.8 Å². The molecule has 6 aliphatic rings. The predicted octanol–water partition coefficient (Wildman–Crippen LogP) is 5.09. The molecule has 5 heterocycles. The Labute approximate surface area is 244 Å². The van der Waals surface area contributed by atoms with Gasteiger partial charge < -0.3 is 25.2 Å². The number of rotatable bonds is 6. The molecule has 1 aromatic heterocycles. The normalized spacial score (nSPS) is 28.9. The van der Waals surface area contributed by atoms with Crippen molar-refractivity contribution >= 4 is 40.4 Å². The van der Waals surface area contributed by atoms with E-state index < -0.39 is 18.6 Å². The molecule has 2 saturated heterocycles. The summed E-state index contributed by atoms with van der Waals surface area (Å²) in [5.74, 6) is -0.287. The smallest absolute Gasteiger partial charge is 0.301 e. The Kier molecular flexibility index (Phi) is 6.04. The third-order valence-electron chi connectivity index (χ3n) is 9.70. The fourth-order valence-corrected chi connectivity index (χ4v) is 7.30. The van der Waals surface area contributed by atoms with Gasteiger partial charge in [0.05, 0.1) is 24.5 Å². The van der Waals surface area contributed by atoms with Gasteiger partial charge in [-0.25, -0.2) is 13.8 Å². The van der Waals surface area contributed by atoms with E-state index in [1.165, 1.54) is 32.2 Å². The molecule has 1 aromatic carbocycles. The lowest BCUT2D eigenvalue weighted by Gasteiger charge is -2.41. The number of likely N-dealkylation sites (N-methyl/N-ethyl adjacent to an activating group) is 1. The van der Waals surface area contributed by atoms with Gasteiger partial charge in [-0.15, -0.1) is 0 Å². The molecule has 2 N–H and O–H groups in total. The minimum atomic E-state index is -2.93. The van der Waals surface area contributed by atoms with Crippen molar-refractivity contribution in [2.24, 2.45) is 11.8 Å². The van der Waals surface area contributed by atoms with Crippen LogP contribution in [-0.4, -0.2) is 78.7 Å². The zero-order chi connectivity index (χ0) is 27.9. The Morgan fingerprint density at radius 2 is 1.90 bits per heavy atom. The van der Waals surface area contributed by atoms with E-state index in [9.17, 15) is 8.78 Å². The molecule has 41 heavy (non-hydrogen) atoms. The van der Waals surface area contributed by atoms with Gasteiger partial charge in [0.25, 0.3) is 0 Å². The highest BCUT2D eigenvalue weighted by Gasteiger charge is 2.51. The first kappa shape index (κ1) is 25.8. The number of alkyl halides is 2. The van der Waals surface area contributed by atoms with Crippen molar-refractivity contribution in [2.75, 3.05) is 55.0 Å². The monoisotopic (exact) mass is 583 g/mol. The molecular weight excluding hydrogens is 548 g/mol. The van der Waals surface area contributed by atoms with Gasteiger partial charge in [-0.05, 0) is 68.6 Å². The summed E-state index contributed by atoms with van der Waals surface area (Å²) in [6.45, 7) is 2.95. The largest absolute Gasteiger partial charge is 0.487 e. The molecule has 0 amide bonds. The van der Waals surface area contributed by atoms with Crippen LogP contribution < -0.4 is 20.4 Å². The van der Waals surface area contributed by atoms with Crippen molar-refractivity contribution in [3.8, 4) is 0 Å². The number of aromatic nitrogens is 2. The van der Waals surface area contributed by atoms with Crippen molar-refractivity contribution < 1.29 is 13.5 Å². The van der Waals surface area contributed by atoms with Gasteiger partial charge in [0.1, 0.15) is 10.8 Å². The Hall–Kier alpha value is -2.85. The van der Waals surface area contributed by atoms with Gasteiger partial charge in [-0.2, -0.15) is 4.98 Å². The zero-order valence-corrected chi connectivity index (χ0v) is 24.0. The molecule has 11 heteroatoms. The highest BCUT2D eigenvalue weighted by molar-refractivity contribution is 6.32. The molecule has 3 atom stereocenters. The van der Waals surface area contributed by atoms with Crippen LogP contribution in [-0.2, 0) is 4.74 Å². The number of nitrogens with one attached hydrogen (secondary N) is 2. The number of hydrogen-bond acceptors (Lipinski definition) is 8. The Morgan fingerprint density at radius 3 is 2.63 bits per heavy atom. The van der Waals surface area contributed by atoms with Crippen molar-refractivity contribution in [2.45, 2.75) is 62.6 Å². The molecule has 0 radical (unpaired) electrons. The van der Waals surface area contributed by atoms with Gasteiger partial charge >= 0.3 is 5.92 Å².